The van der Waals surface area contributed by atoms with Gasteiger partial charge in [-0.05, 0) is 45.6 Å². The molecule has 4 heteroatoms. The van der Waals surface area contributed by atoms with Crippen LogP contribution in [0.5, 0.6) is 0 Å². The van der Waals surface area contributed by atoms with Crippen LogP contribution in [-0.4, -0.2) is 33.7 Å². The van der Waals surface area contributed by atoms with Crippen LogP contribution < -0.4 is 0 Å². The zero-order chi connectivity index (χ0) is 15.8. The summed E-state index contributed by atoms with van der Waals surface area (Å²) < 4.78 is 2.16. The van der Waals surface area contributed by atoms with Gasteiger partial charge in [-0.1, -0.05) is 20.8 Å². The molecule has 21 heavy (non-hydrogen) atoms. The summed E-state index contributed by atoms with van der Waals surface area (Å²) >= 11 is 0. The molecule has 0 unspecified atom stereocenters. The van der Waals surface area contributed by atoms with Gasteiger partial charge < -0.3 is 4.90 Å². The molecular weight excluding hydrogens is 262 g/mol. The number of nitrogens with zero attached hydrogens (tertiary/aromatic N) is 3. The Labute approximate surface area is 128 Å². The fraction of sp³-hybridized carbons (Fsp3) is 0.765. The van der Waals surface area contributed by atoms with Gasteiger partial charge >= 0.3 is 0 Å². The van der Waals surface area contributed by atoms with E-state index in [4.69, 9.17) is 0 Å². The summed E-state index contributed by atoms with van der Waals surface area (Å²) in [5, 5.41) is 4.58. The predicted octanol–water partition coefficient (Wildman–Crippen LogP) is 3.00. The van der Waals surface area contributed by atoms with Crippen molar-refractivity contribution in [1.29, 1.82) is 0 Å². The molecule has 1 amide bonds. The first-order valence-electron chi connectivity index (χ1n) is 7.96. The van der Waals surface area contributed by atoms with Crippen molar-refractivity contribution in [2.24, 2.45) is 5.41 Å². The zero-order valence-corrected chi connectivity index (χ0v) is 14.4. The van der Waals surface area contributed by atoms with E-state index in [2.05, 4.69) is 30.6 Å². The molecule has 2 rings (SSSR count). The van der Waals surface area contributed by atoms with Gasteiger partial charge in [-0.3, -0.25) is 9.48 Å². The van der Waals surface area contributed by atoms with Crippen molar-refractivity contribution < 1.29 is 4.79 Å². The third kappa shape index (κ3) is 3.47. The Balaban J connectivity index is 2.19. The second-order valence-electron chi connectivity index (χ2n) is 8.09. The summed E-state index contributed by atoms with van der Waals surface area (Å²) in [7, 11) is 0. The summed E-state index contributed by atoms with van der Waals surface area (Å²) in [5.41, 5.74) is 2.38. The monoisotopic (exact) mass is 291 g/mol. The van der Waals surface area contributed by atoms with Crippen LogP contribution in [0.1, 0.15) is 59.2 Å². The SMILES string of the molecule is CC(C)(C)C(=O)N1CCCc2c(cnn2C(C)(C)C)CC1. The lowest BCUT2D eigenvalue weighted by atomic mass is 9.93. The van der Waals surface area contributed by atoms with E-state index in [1.54, 1.807) is 0 Å². The Bertz CT molecular complexity index is 517. The van der Waals surface area contributed by atoms with Crippen molar-refractivity contribution in [3.8, 4) is 0 Å². The Morgan fingerprint density at radius 2 is 1.76 bits per heavy atom. The molecule has 0 saturated carbocycles. The summed E-state index contributed by atoms with van der Waals surface area (Å²) in [6.07, 6.45) is 4.91. The summed E-state index contributed by atoms with van der Waals surface area (Å²) in [4.78, 5) is 14.5. The van der Waals surface area contributed by atoms with E-state index in [0.717, 1.165) is 32.4 Å². The minimum absolute atomic E-state index is 0.0215. The molecule has 0 fully saturated rings. The van der Waals surface area contributed by atoms with E-state index >= 15 is 0 Å². The summed E-state index contributed by atoms with van der Waals surface area (Å²) in [6, 6.07) is 0. The number of hydrogen-bond donors (Lipinski definition) is 0. The van der Waals surface area contributed by atoms with Crippen molar-refractivity contribution in [3.63, 3.8) is 0 Å². The van der Waals surface area contributed by atoms with E-state index in [9.17, 15) is 4.79 Å². The van der Waals surface area contributed by atoms with E-state index in [1.807, 2.05) is 31.9 Å². The van der Waals surface area contributed by atoms with Gasteiger partial charge in [0.15, 0.2) is 0 Å². The van der Waals surface area contributed by atoms with E-state index in [0.29, 0.717) is 0 Å². The maximum atomic E-state index is 12.5. The van der Waals surface area contributed by atoms with Crippen LogP contribution in [0.2, 0.25) is 0 Å². The van der Waals surface area contributed by atoms with Crippen molar-refractivity contribution in [2.75, 3.05) is 13.1 Å². The molecular formula is C17H29N3O. The van der Waals surface area contributed by atoms with Gasteiger partial charge in [-0.15, -0.1) is 0 Å². The van der Waals surface area contributed by atoms with Crippen molar-refractivity contribution in [1.82, 2.24) is 14.7 Å². The molecule has 0 aromatic carbocycles. The average Bonchev–Trinajstić information content (AvgIpc) is 2.69. The maximum Gasteiger partial charge on any atom is 0.227 e. The highest BCUT2D eigenvalue weighted by Gasteiger charge is 2.29. The van der Waals surface area contributed by atoms with Gasteiger partial charge in [0.05, 0.1) is 11.7 Å². The third-order valence-corrected chi connectivity index (χ3v) is 4.01. The third-order valence-electron chi connectivity index (χ3n) is 4.01. The Morgan fingerprint density at radius 3 is 2.33 bits per heavy atom. The van der Waals surface area contributed by atoms with E-state index in [1.165, 1.54) is 11.3 Å². The normalized spacial score (nSPS) is 17.1. The number of carbonyl (C=O) groups excluding carboxylic acids is 1. The molecule has 4 nitrogen and oxygen atoms in total. The molecule has 0 saturated heterocycles. The van der Waals surface area contributed by atoms with Crippen LogP contribution in [0.15, 0.2) is 6.20 Å². The van der Waals surface area contributed by atoms with E-state index in [-0.39, 0.29) is 16.9 Å². The Hall–Kier alpha value is -1.32. The number of hydrogen-bond acceptors (Lipinski definition) is 2. The van der Waals surface area contributed by atoms with Crippen LogP contribution in [0.25, 0.3) is 0 Å². The number of aromatic nitrogens is 2. The van der Waals surface area contributed by atoms with Crippen molar-refractivity contribution in [2.45, 2.75) is 66.3 Å². The van der Waals surface area contributed by atoms with Crippen molar-refractivity contribution in [3.05, 3.63) is 17.5 Å². The van der Waals surface area contributed by atoms with Gasteiger partial charge in [-0.2, -0.15) is 5.10 Å². The molecule has 0 radical (unpaired) electrons. The first kappa shape index (κ1) is 16.1. The molecule has 0 spiro atoms. The van der Waals surface area contributed by atoms with Gasteiger partial charge in [0.2, 0.25) is 5.91 Å². The molecule has 0 bridgehead atoms. The predicted molar refractivity (Wildman–Crippen MR) is 85.3 cm³/mol. The average molecular weight is 291 g/mol. The quantitative estimate of drug-likeness (QED) is 0.737. The molecule has 1 aliphatic rings. The number of rotatable bonds is 0. The first-order valence-corrected chi connectivity index (χ1v) is 7.96. The minimum Gasteiger partial charge on any atom is -0.342 e. The van der Waals surface area contributed by atoms with Crippen LogP contribution in [-0.2, 0) is 23.2 Å². The minimum atomic E-state index is -0.294. The van der Waals surface area contributed by atoms with Crippen molar-refractivity contribution >= 4 is 5.91 Å². The van der Waals surface area contributed by atoms with Crippen LogP contribution in [0.3, 0.4) is 0 Å². The van der Waals surface area contributed by atoms with Gasteiger partial charge in [-0.25, -0.2) is 0 Å². The van der Waals surface area contributed by atoms with Crippen LogP contribution in [0.4, 0.5) is 0 Å². The molecule has 0 aliphatic carbocycles. The Morgan fingerprint density at radius 1 is 1.10 bits per heavy atom. The smallest absolute Gasteiger partial charge is 0.227 e. The van der Waals surface area contributed by atoms with Crippen LogP contribution in [0, 0.1) is 5.41 Å². The largest absolute Gasteiger partial charge is 0.342 e. The van der Waals surface area contributed by atoms with Crippen LogP contribution >= 0.6 is 0 Å². The Kier molecular flexibility index (Phi) is 4.18. The fourth-order valence-corrected chi connectivity index (χ4v) is 2.94. The van der Waals surface area contributed by atoms with Gasteiger partial charge in [0.1, 0.15) is 0 Å². The molecule has 118 valence electrons. The fourth-order valence-electron chi connectivity index (χ4n) is 2.94. The first-order chi connectivity index (χ1) is 9.60. The lowest BCUT2D eigenvalue weighted by molar-refractivity contribution is -0.139. The summed E-state index contributed by atoms with van der Waals surface area (Å²) in [6.45, 7) is 14.2. The topological polar surface area (TPSA) is 38.1 Å². The maximum absolute atomic E-state index is 12.5. The molecule has 1 aromatic rings. The molecule has 2 heterocycles. The standard InChI is InChI=1S/C17H29N3O/c1-16(2,3)15(21)19-10-7-8-14-13(9-11-19)12-18-20(14)17(4,5)6/h12H,7-11H2,1-6H3. The number of amides is 1. The lowest BCUT2D eigenvalue weighted by Crippen LogP contribution is -2.42. The number of fused-ring (bicyclic) bond motifs is 1. The highest BCUT2D eigenvalue weighted by Crippen LogP contribution is 2.24. The molecule has 1 aromatic heterocycles. The second-order valence-corrected chi connectivity index (χ2v) is 8.09. The second kappa shape index (κ2) is 5.47. The van der Waals surface area contributed by atoms with Gasteiger partial charge in [0.25, 0.3) is 0 Å². The molecule has 1 aliphatic heterocycles. The molecule has 0 N–H and O–H groups in total. The summed E-state index contributed by atoms with van der Waals surface area (Å²) in [5.74, 6) is 0.258. The molecule has 0 atom stereocenters. The highest BCUT2D eigenvalue weighted by atomic mass is 16.2. The zero-order valence-electron chi connectivity index (χ0n) is 14.4. The van der Waals surface area contributed by atoms with E-state index < -0.39 is 0 Å². The number of carbonyl (C=O) groups is 1. The van der Waals surface area contributed by atoms with Gasteiger partial charge in [0, 0.05) is 24.2 Å². The lowest BCUT2D eigenvalue weighted by Gasteiger charge is -2.31. The highest BCUT2D eigenvalue weighted by molar-refractivity contribution is 5.81.